The summed E-state index contributed by atoms with van der Waals surface area (Å²) < 4.78 is 53.1. The summed E-state index contributed by atoms with van der Waals surface area (Å²) in [5.41, 5.74) is 1.13. The molecule has 0 aliphatic rings. The molecule has 0 saturated carbocycles. The average Bonchev–Trinajstić information content (AvgIpc) is 2.91. The van der Waals surface area contributed by atoms with Gasteiger partial charge in [-0.1, -0.05) is 29.3 Å². The van der Waals surface area contributed by atoms with Crippen LogP contribution in [-0.2, 0) is 11.3 Å². The van der Waals surface area contributed by atoms with Crippen molar-refractivity contribution in [3.8, 4) is 11.6 Å². The number of unbranched alkanes of at least 4 members (excludes halogenated alkanes) is 1. The normalized spacial score (nSPS) is 11.7. The molecule has 4 rings (SSSR count). The van der Waals surface area contributed by atoms with Crippen molar-refractivity contribution in [1.82, 2.24) is 15.3 Å². The molecule has 0 unspecified atom stereocenters. The number of aromatic carboxylic acids is 1. The quantitative estimate of drug-likeness (QED) is 0.130. The Bertz CT molecular complexity index is 1500. The minimum Gasteiger partial charge on any atom is -0.478 e. The number of hydrogen-bond donors (Lipinski definition) is 2. The van der Waals surface area contributed by atoms with Crippen LogP contribution >= 0.6 is 23.2 Å². The predicted octanol–water partition coefficient (Wildman–Crippen LogP) is 6.65. The zero-order chi connectivity index (χ0) is 28.7. The van der Waals surface area contributed by atoms with Crippen molar-refractivity contribution in [3.05, 3.63) is 70.0 Å². The number of pyridine rings is 2. The first-order valence-electron chi connectivity index (χ1n) is 12.2. The third-order valence-electron chi connectivity index (χ3n) is 5.78. The Labute approximate surface area is 237 Å². The van der Waals surface area contributed by atoms with Crippen LogP contribution in [0.25, 0.3) is 21.7 Å². The van der Waals surface area contributed by atoms with Gasteiger partial charge in [-0.3, -0.25) is 4.98 Å². The molecule has 212 valence electrons. The van der Waals surface area contributed by atoms with Gasteiger partial charge in [-0.15, -0.1) is 13.2 Å². The number of alkyl halides is 3. The maximum absolute atomic E-state index is 12.5. The molecule has 40 heavy (non-hydrogen) atoms. The monoisotopic (exact) mass is 597 g/mol. The molecule has 0 saturated heterocycles. The first-order valence-corrected chi connectivity index (χ1v) is 12.9. The van der Waals surface area contributed by atoms with Gasteiger partial charge in [-0.25, -0.2) is 9.78 Å². The fraction of sp³-hybridized carbons (Fsp3) is 0.296. The lowest BCUT2D eigenvalue weighted by Gasteiger charge is -2.13. The zero-order valence-electron chi connectivity index (χ0n) is 20.9. The van der Waals surface area contributed by atoms with Crippen molar-refractivity contribution in [2.24, 2.45) is 0 Å². The molecule has 0 atom stereocenters. The summed E-state index contributed by atoms with van der Waals surface area (Å²) in [4.78, 5) is 20.0. The number of nitrogens with one attached hydrogen (secondary N) is 1. The number of fused-ring (bicyclic) bond motifs is 3. The highest BCUT2D eigenvalue weighted by Crippen LogP contribution is 2.36. The number of carbonyl (C=O) groups is 1. The lowest BCUT2D eigenvalue weighted by Crippen LogP contribution is -2.18. The van der Waals surface area contributed by atoms with Crippen molar-refractivity contribution in [2.45, 2.75) is 25.7 Å². The second kappa shape index (κ2) is 13.3. The molecule has 0 fully saturated rings. The third kappa shape index (κ3) is 7.85. The molecule has 0 bridgehead atoms. The van der Waals surface area contributed by atoms with Crippen LogP contribution in [0.3, 0.4) is 0 Å². The van der Waals surface area contributed by atoms with Gasteiger partial charge in [-0.2, -0.15) is 0 Å². The van der Waals surface area contributed by atoms with E-state index in [0.717, 1.165) is 29.0 Å². The molecular weight excluding hydrogens is 574 g/mol. The van der Waals surface area contributed by atoms with Gasteiger partial charge in [0.2, 0.25) is 5.88 Å². The Kier molecular flexibility index (Phi) is 9.85. The van der Waals surface area contributed by atoms with Crippen molar-refractivity contribution < 1.29 is 37.3 Å². The minimum absolute atomic E-state index is 0.0237. The van der Waals surface area contributed by atoms with Crippen LogP contribution in [0.15, 0.2) is 48.8 Å². The van der Waals surface area contributed by atoms with Crippen LogP contribution in [0.2, 0.25) is 10.0 Å². The van der Waals surface area contributed by atoms with Crippen LogP contribution < -0.4 is 14.8 Å². The topological polar surface area (TPSA) is 103 Å². The molecule has 8 nitrogen and oxygen atoms in total. The van der Waals surface area contributed by atoms with Crippen LogP contribution in [0.1, 0.15) is 28.8 Å². The van der Waals surface area contributed by atoms with Gasteiger partial charge in [0.15, 0.2) is 0 Å². The van der Waals surface area contributed by atoms with Crippen LogP contribution in [-0.4, -0.2) is 53.8 Å². The van der Waals surface area contributed by atoms with E-state index >= 15 is 0 Å². The number of nitrogens with zero attached hydrogens (tertiary/aromatic N) is 2. The minimum atomic E-state index is -4.87. The van der Waals surface area contributed by atoms with Gasteiger partial charge in [0.25, 0.3) is 0 Å². The highest BCUT2D eigenvalue weighted by molar-refractivity contribution is 6.43. The number of ether oxygens (including phenoxy) is 3. The standard InChI is InChI=1S/C27H24Cl2F3N3O5/c28-21-11-16(12-23(24(21)29)40-27(30,31)32)14-33-6-1-2-8-38-9-10-39-25-19-5-7-34-15-20(19)18-4-3-17(26(36)37)13-22(18)35-25/h3-5,7,11-13,15,33H,1-2,6,8-10,14H2,(H,36,37). The molecule has 2 N–H and O–H groups in total. The van der Waals surface area contributed by atoms with E-state index in [1.54, 1.807) is 24.5 Å². The lowest BCUT2D eigenvalue weighted by atomic mass is 10.1. The predicted molar refractivity (Wildman–Crippen MR) is 144 cm³/mol. The van der Waals surface area contributed by atoms with Crippen molar-refractivity contribution in [1.29, 1.82) is 0 Å². The first-order chi connectivity index (χ1) is 19.1. The largest absolute Gasteiger partial charge is 0.573 e. The van der Waals surface area contributed by atoms with E-state index in [0.29, 0.717) is 36.7 Å². The number of carboxylic acids is 1. The van der Waals surface area contributed by atoms with Crippen LogP contribution in [0, 0.1) is 0 Å². The Hall–Kier alpha value is -3.38. The summed E-state index contributed by atoms with van der Waals surface area (Å²) in [6.07, 6.45) is -0.0294. The summed E-state index contributed by atoms with van der Waals surface area (Å²) in [6, 6.07) is 9.21. The second-order valence-electron chi connectivity index (χ2n) is 8.66. The maximum atomic E-state index is 12.5. The van der Waals surface area contributed by atoms with Gasteiger partial charge in [0, 0.05) is 41.7 Å². The molecule has 2 aromatic carbocycles. The van der Waals surface area contributed by atoms with Crippen molar-refractivity contribution in [3.63, 3.8) is 0 Å². The summed E-state index contributed by atoms with van der Waals surface area (Å²) in [7, 11) is 0. The number of hydrogen-bond acceptors (Lipinski definition) is 7. The van der Waals surface area contributed by atoms with E-state index in [-0.39, 0.29) is 28.8 Å². The summed E-state index contributed by atoms with van der Waals surface area (Å²) in [5.74, 6) is -1.21. The fourth-order valence-corrected chi connectivity index (χ4v) is 4.35. The highest BCUT2D eigenvalue weighted by Gasteiger charge is 2.32. The molecule has 0 spiro atoms. The second-order valence-corrected chi connectivity index (χ2v) is 9.44. The summed E-state index contributed by atoms with van der Waals surface area (Å²) >= 11 is 11.7. The number of aromatic nitrogens is 2. The highest BCUT2D eigenvalue weighted by atomic mass is 35.5. The number of benzene rings is 2. The molecule has 2 aromatic heterocycles. The molecule has 0 aliphatic heterocycles. The van der Waals surface area contributed by atoms with Gasteiger partial charge >= 0.3 is 12.3 Å². The van der Waals surface area contributed by atoms with E-state index < -0.39 is 18.1 Å². The summed E-state index contributed by atoms with van der Waals surface area (Å²) in [5, 5.41) is 14.5. The lowest BCUT2D eigenvalue weighted by molar-refractivity contribution is -0.274. The molecule has 0 amide bonds. The van der Waals surface area contributed by atoms with E-state index in [2.05, 4.69) is 20.0 Å². The Morgan fingerprint density at radius 3 is 2.60 bits per heavy atom. The van der Waals surface area contributed by atoms with E-state index in [4.69, 9.17) is 32.7 Å². The van der Waals surface area contributed by atoms with Gasteiger partial charge in [-0.05, 0) is 55.3 Å². The van der Waals surface area contributed by atoms with Crippen LogP contribution in [0.5, 0.6) is 11.6 Å². The van der Waals surface area contributed by atoms with Crippen molar-refractivity contribution in [2.75, 3.05) is 26.4 Å². The van der Waals surface area contributed by atoms with E-state index in [9.17, 15) is 23.1 Å². The average molecular weight is 598 g/mol. The fourth-order valence-electron chi connectivity index (χ4n) is 3.96. The number of halogens is 5. The van der Waals surface area contributed by atoms with Crippen molar-refractivity contribution >= 4 is 50.8 Å². The number of rotatable bonds is 13. The maximum Gasteiger partial charge on any atom is 0.573 e. The molecular formula is C27H24Cl2F3N3O5. The van der Waals surface area contributed by atoms with Crippen LogP contribution in [0.4, 0.5) is 13.2 Å². The van der Waals surface area contributed by atoms with Gasteiger partial charge in [0.1, 0.15) is 17.4 Å². The zero-order valence-corrected chi connectivity index (χ0v) is 22.4. The van der Waals surface area contributed by atoms with E-state index in [1.165, 1.54) is 24.3 Å². The smallest absolute Gasteiger partial charge is 0.478 e. The first kappa shape index (κ1) is 29.6. The Balaban J connectivity index is 1.19. The molecule has 0 radical (unpaired) electrons. The molecule has 4 aromatic rings. The number of carboxylic acid groups (broad SMARTS) is 1. The molecule has 0 aliphatic carbocycles. The third-order valence-corrected chi connectivity index (χ3v) is 6.56. The Morgan fingerprint density at radius 2 is 1.82 bits per heavy atom. The summed E-state index contributed by atoms with van der Waals surface area (Å²) in [6.45, 7) is 1.94. The van der Waals surface area contributed by atoms with Gasteiger partial charge < -0.3 is 24.6 Å². The Morgan fingerprint density at radius 1 is 1.00 bits per heavy atom. The van der Waals surface area contributed by atoms with Gasteiger partial charge in [0.05, 0.1) is 22.7 Å². The SMILES string of the molecule is O=C(O)c1ccc2c(c1)nc(OCCOCCCCNCc1cc(Cl)c(Cl)c(OC(F)(F)F)c1)c1ccncc12. The molecule has 13 heteroatoms. The van der Waals surface area contributed by atoms with E-state index in [1.807, 2.05) is 0 Å². The molecule has 2 heterocycles.